The number of benzene rings is 1. The highest BCUT2D eigenvalue weighted by Gasteiger charge is 2.28. The van der Waals surface area contributed by atoms with Crippen LogP contribution in [0.2, 0.25) is 0 Å². The van der Waals surface area contributed by atoms with E-state index in [0.29, 0.717) is 17.5 Å². The van der Waals surface area contributed by atoms with Crippen LogP contribution in [0.1, 0.15) is 26.3 Å². The van der Waals surface area contributed by atoms with Crippen LogP contribution < -0.4 is 5.32 Å². The monoisotopic (exact) mass is 213 g/mol. The number of allylic oxidation sites excluding steroid dienone is 3. The van der Waals surface area contributed by atoms with Gasteiger partial charge in [-0.15, -0.1) is 0 Å². The summed E-state index contributed by atoms with van der Waals surface area (Å²) in [5, 5.41) is 2.29. The first-order valence-corrected chi connectivity index (χ1v) is 4.99. The van der Waals surface area contributed by atoms with Crippen molar-refractivity contribution in [1.82, 2.24) is 5.32 Å². The summed E-state index contributed by atoms with van der Waals surface area (Å²) >= 11 is 0. The van der Waals surface area contributed by atoms with Gasteiger partial charge in [-0.1, -0.05) is 36.9 Å². The zero-order valence-corrected chi connectivity index (χ0v) is 8.69. The van der Waals surface area contributed by atoms with Gasteiger partial charge in [-0.3, -0.25) is 14.9 Å². The topological polar surface area (TPSA) is 46.2 Å². The Labute approximate surface area is 93.5 Å². The Hall–Kier alpha value is -2.16. The van der Waals surface area contributed by atoms with E-state index in [1.807, 2.05) is 18.2 Å². The standard InChI is InChI=1S/C13H11NO2/c1-2-3-4-6-9-7-5-8-10-11(9)13(16)14-12(10)15/h2-5,7-8H,1,6H2,(H,14,15,16)/b4-3+. The normalized spacial score (nSPS) is 14.0. The van der Waals surface area contributed by atoms with Gasteiger partial charge in [-0.2, -0.15) is 0 Å². The Morgan fingerprint density at radius 2 is 2.06 bits per heavy atom. The van der Waals surface area contributed by atoms with E-state index in [9.17, 15) is 9.59 Å². The highest BCUT2D eigenvalue weighted by Crippen LogP contribution is 2.20. The zero-order chi connectivity index (χ0) is 11.5. The molecule has 1 N–H and O–H groups in total. The van der Waals surface area contributed by atoms with Crippen LogP contribution in [0.25, 0.3) is 0 Å². The number of imide groups is 1. The molecule has 0 saturated carbocycles. The molecule has 1 aliphatic heterocycles. The van der Waals surface area contributed by atoms with Crippen molar-refractivity contribution >= 4 is 11.8 Å². The van der Waals surface area contributed by atoms with Crippen molar-refractivity contribution in [3.8, 4) is 0 Å². The van der Waals surface area contributed by atoms with Crippen molar-refractivity contribution in [2.45, 2.75) is 6.42 Å². The lowest BCUT2D eigenvalue weighted by molar-refractivity contribution is 0.0879. The average molecular weight is 213 g/mol. The first-order chi connectivity index (χ1) is 7.74. The van der Waals surface area contributed by atoms with Crippen molar-refractivity contribution < 1.29 is 9.59 Å². The SMILES string of the molecule is C=C/C=C/Cc1cccc2c1C(=O)NC2=O. The fraction of sp³-hybridized carbons (Fsp3) is 0.0769. The molecule has 1 aromatic carbocycles. The van der Waals surface area contributed by atoms with E-state index in [-0.39, 0.29) is 11.8 Å². The van der Waals surface area contributed by atoms with Gasteiger partial charge in [0.25, 0.3) is 11.8 Å². The lowest BCUT2D eigenvalue weighted by atomic mass is 10.0. The van der Waals surface area contributed by atoms with Crippen molar-refractivity contribution in [3.05, 3.63) is 59.7 Å². The number of hydrogen-bond acceptors (Lipinski definition) is 2. The van der Waals surface area contributed by atoms with Gasteiger partial charge in [0.2, 0.25) is 0 Å². The lowest BCUT2D eigenvalue weighted by Gasteiger charge is -2.01. The van der Waals surface area contributed by atoms with E-state index in [2.05, 4.69) is 11.9 Å². The van der Waals surface area contributed by atoms with Crippen LogP contribution >= 0.6 is 0 Å². The number of amides is 2. The molecule has 3 heteroatoms. The van der Waals surface area contributed by atoms with Crippen molar-refractivity contribution in [1.29, 1.82) is 0 Å². The summed E-state index contributed by atoms with van der Waals surface area (Å²) in [5.41, 5.74) is 1.83. The average Bonchev–Trinajstić information content (AvgIpc) is 2.56. The Bertz CT molecular complexity index is 501. The molecule has 0 fully saturated rings. The maximum absolute atomic E-state index is 11.6. The van der Waals surface area contributed by atoms with Gasteiger partial charge in [0.1, 0.15) is 0 Å². The minimum atomic E-state index is -0.311. The van der Waals surface area contributed by atoms with Crippen molar-refractivity contribution in [2.75, 3.05) is 0 Å². The third-order valence-corrected chi connectivity index (χ3v) is 2.46. The molecule has 0 bridgehead atoms. The number of hydrogen-bond donors (Lipinski definition) is 1. The summed E-state index contributed by atoms with van der Waals surface area (Å²) in [4.78, 5) is 22.9. The summed E-state index contributed by atoms with van der Waals surface area (Å²) in [6.07, 6.45) is 6.01. The Morgan fingerprint density at radius 1 is 1.25 bits per heavy atom. The van der Waals surface area contributed by atoms with Crippen molar-refractivity contribution in [2.24, 2.45) is 0 Å². The number of nitrogens with one attached hydrogen (secondary N) is 1. The predicted octanol–water partition coefficient (Wildman–Crippen LogP) is 1.85. The minimum absolute atomic E-state index is 0.303. The second kappa shape index (κ2) is 4.14. The predicted molar refractivity (Wildman–Crippen MR) is 61.3 cm³/mol. The zero-order valence-electron chi connectivity index (χ0n) is 8.69. The molecule has 0 saturated heterocycles. The number of rotatable bonds is 3. The van der Waals surface area contributed by atoms with Gasteiger partial charge in [0.15, 0.2) is 0 Å². The quantitative estimate of drug-likeness (QED) is 0.615. The lowest BCUT2D eigenvalue weighted by Crippen LogP contribution is -2.20. The van der Waals surface area contributed by atoms with E-state index in [1.54, 1.807) is 18.2 Å². The molecule has 1 aliphatic rings. The molecule has 2 rings (SSSR count). The number of carbonyl (C=O) groups is 2. The van der Waals surface area contributed by atoms with Crippen LogP contribution in [-0.2, 0) is 6.42 Å². The molecule has 0 aromatic heterocycles. The summed E-state index contributed by atoms with van der Waals surface area (Å²) in [7, 11) is 0. The molecular formula is C13H11NO2. The summed E-state index contributed by atoms with van der Waals surface area (Å²) in [6, 6.07) is 5.30. The molecule has 0 aliphatic carbocycles. The molecule has 0 unspecified atom stereocenters. The van der Waals surface area contributed by atoms with Crippen LogP contribution in [0.5, 0.6) is 0 Å². The second-order valence-electron chi connectivity index (χ2n) is 3.49. The van der Waals surface area contributed by atoms with E-state index < -0.39 is 0 Å². The Morgan fingerprint density at radius 3 is 2.81 bits per heavy atom. The summed E-state index contributed by atoms with van der Waals surface area (Å²) in [5.74, 6) is -0.614. The van der Waals surface area contributed by atoms with E-state index in [4.69, 9.17) is 0 Å². The molecule has 2 amide bonds. The highest BCUT2D eigenvalue weighted by atomic mass is 16.2. The minimum Gasteiger partial charge on any atom is -0.288 e. The summed E-state index contributed by atoms with van der Waals surface area (Å²) < 4.78 is 0. The fourth-order valence-corrected chi connectivity index (χ4v) is 1.75. The van der Waals surface area contributed by atoms with Gasteiger partial charge in [-0.05, 0) is 18.1 Å². The molecule has 0 spiro atoms. The number of fused-ring (bicyclic) bond motifs is 1. The van der Waals surface area contributed by atoms with Crippen LogP contribution in [0.4, 0.5) is 0 Å². The van der Waals surface area contributed by atoms with Crippen LogP contribution in [0.15, 0.2) is 43.0 Å². The van der Waals surface area contributed by atoms with E-state index >= 15 is 0 Å². The van der Waals surface area contributed by atoms with Gasteiger partial charge in [-0.25, -0.2) is 0 Å². The van der Waals surface area contributed by atoms with Gasteiger partial charge in [0.05, 0.1) is 11.1 Å². The third kappa shape index (κ3) is 1.67. The summed E-state index contributed by atoms with van der Waals surface area (Å²) in [6.45, 7) is 3.57. The Balaban J connectivity index is 2.41. The molecule has 1 aromatic rings. The van der Waals surface area contributed by atoms with Crippen LogP contribution in [0.3, 0.4) is 0 Å². The smallest absolute Gasteiger partial charge is 0.259 e. The highest BCUT2D eigenvalue weighted by molar-refractivity contribution is 6.22. The maximum atomic E-state index is 11.6. The second-order valence-corrected chi connectivity index (χ2v) is 3.49. The molecule has 0 atom stereocenters. The maximum Gasteiger partial charge on any atom is 0.259 e. The fourth-order valence-electron chi connectivity index (χ4n) is 1.75. The molecule has 3 nitrogen and oxygen atoms in total. The van der Waals surface area contributed by atoms with Crippen LogP contribution in [0, 0.1) is 0 Å². The first-order valence-electron chi connectivity index (χ1n) is 4.99. The van der Waals surface area contributed by atoms with Gasteiger partial charge < -0.3 is 0 Å². The van der Waals surface area contributed by atoms with Crippen molar-refractivity contribution in [3.63, 3.8) is 0 Å². The van der Waals surface area contributed by atoms with E-state index in [0.717, 1.165) is 5.56 Å². The van der Waals surface area contributed by atoms with Crippen LogP contribution in [-0.4, -0.2) is 11.8 Å². The largest absolute Gasteiger partial charge is 0.288 e. The molecular weight excluding hydrogens is 202 g/mol. The third-order valence-electron chi connectivity index (χ3n) is 2.46. The molecule has 0 radical (unpaired) electrons. The molecule has 80 valence electrons. The molecule has 1 heterocycles. The first kappa shape index (κ1) is 10.4. The molecule has 16 heavy (non-hydrogen) atoms. The Kier molecular flexibility index (Phi) is 2.68. The van der Waals surface area contributed by atoms with Gasteiger partial charge in [0, 0.05) is 0 Å². The number of carbonyl (C=O) groups excluding carboxylic acids is 2. The van der Waals surface area contributed by atoms with Gasteiger partial charge >= 0.3 is 0 Å². The van der Waals surface area contributed by atoms with E-state index in [1.165, 1.54) is 0 Å².